The summed E-state index contributed by atoms with van der Waals surface area (Å²) in [5, 5.41) is 2.96. The van der Waals surface area contributed by atoms with E-state index >= 15 is 0 Å². The summed E-state index contributed by atoms with van der Waals surface area (Å²) in [5.74, 6) is -0.268. The van der Waals surface area contributed by atoms with Crippen molar-refractivity contribution in [3.8, 4) is 0 Å². The average Bonchev–Trinajstić information content (AvgIpc) is 3.02. The molecule has 25 heavy (non-hydrogen) atoms. The molecular weight excluding hydrogens is 312 g/mol. The first-order valence-electron chi connectivity index (χ1n) is 8.87. The Bertz CT molecular complexity index is 743. The number of nitrogens with zero attached hydrogens (tertiary/aromatic N) is 1. The quantitative estimate of drug-likeness (QED) is 0.880. The van der Waals surface area contributed by atoms with E-state index in [4.69, 9.17) is 0 Å². The summed E-state index contributed by atoms with van der Waals surface area (Å²) in [6.07, 6.45) is 2.05. The number of anilines is 1. The van der Waals surface area contributed by atoms with E-state index in [0.29, 0.717) is 19.5 Å². The minimum Gasteiger partial charge on any atom is -0.342 e. The molecule has 0 aliphatic carbocycles. The van der Waals surface area contributed by atoms with Crippen LogP contribution in [0.5, 0.6) is 0 Å². The predicted octanol–water partition coefficient (Wildman–Crippen LogP) is 3.28. The third kappa shape index (κ3) is 4.47. The fraction of sp³-hybridized carbons (Fsp3) is 0.333. The molecule has 4 nitrogen and oxygen atoms in total. The molecule has 4 heteroatoms. The highest BCUT2D eigenvalue weighted by Crippen LogP contribution is 2.21. The number of rotatable bonds is 6. The van der Waals surface area contributed by atoms with Crippen molar-refractivity contribution in [1.29, 1.82) is 0 Å². The number of hydrogen-bond acceptors (Lipinski definition) is 2. The minimum atomic E-state index is -0.270. The molecule has 2 amide bonds. The van der Waals surface area contributed by atoms with Crippen molar-refractivity contribution >= 4 is 17.5 Å². The lowest BCUT2D eigenvalue weighted by molar-refractivity contribution is -0.128. The molecule has 3 rings (SSSR count). The van der Waals surface area contributed by atoms with Gasteiger partial charge in [-0.25, -0.2) is 0 Å². The molecule has 0 aromatic heterocycles. The Hall–Kier alpha value is -2.62. The Balaban J connectivity index is 1.55. The van der Waals surface area contributed by atoms with Crippen LogP contribution in [-0.2, 0) is 22.4 Å². The van der Waals surface area contributed by atoms with Gasteiger partial charge in [0.05, 0.1) is 5.92 Å². The van der Waals surface area contributed by atoms with Gasteiger partial charge in [-0.15, -0.1) is 0 Å². The first-order chi connectivity index (χ1) is 12.2. The highest BCUT2D eigenvalue weighted by Gasteiger charge is 2.33. The van der Waals surface area contributed by atoms with Crippen molar-refractivity contribution in [2.45, 2.75) is 26.2 Å². The van der Waals surface area contributed by atoms with Crippen molar-refractivity contribution in [3.05, 3.63) is 65.7 Å². The number of likely N-dealkylation sites (tertiary alicyclic amines) is 1. The van der Waals surface area contributed by atoms with Gasteiger partial charge in [0.2, 0.25) is 11.8 Å². The fourth-order valence-electron chi connectivity index (χ4n) is 3.19. The molecule has 1 fully saturated rings. The highest BCUT2D eigenvalue weighted by molar-refractivity contribution is 5.97. The molecule has 1 aliphatic heterocycles. The van der Waals surface area contributed by atoms with Crippen molar-refractivity contribution in [1.82, 2.24) is 4.90 Å². The molecule has 130 valence electrons. The Morgan fingerprint density at radius 3 is 2.64 bits per heavy atom. The maximum absolute atomic E-state index is 12.5. The van der Waals surface area contributed by atoms with Crippen LogP contribution in [0.2, 0.25) is 0 Å². The van der Waals surface area contributed by atoms with E-state index < -0.39 is 0 Å². The Labute approximate surface area is 148 Å². The summed E-state index contributed by atoms with van der Waals surface area (Å²) < 4.78 is 0. The molecule has 0 bridgehead atoms. The standard InChI is InChI=1S/C21H24N2O2/c1-2-16-9-6-10-19(13-16)22-21(25)18-14-20(24)23(15-18)12-11-17-7-4-3-5-8-17/h3-10,13,18H,2,11-12,14-15H2,1H3,(H,22,25). The lowest BCUT2D eigenvalue weighted by Crippen LogP contribution is -2.30. The number of amides is 2. The van der Waals surface area contributed by atoms with E-state index in [9.17, 15) is 9.59 Å². The smallest absolute Gasteiger partial charge is 0.229 e. The summed E-state index contributed by atoms with van der Waals surface area (Å²) in [6.45, 7) is 3.25. The molecule has 1 atom stereocenters. The molecule has 1 unspecified atom stereocenters. The van der Waals surface area contributed by atoms with Crippen molar-refractivity contribution in [2.24, 2.45) is 5.92 Å². The number of nitrogens with one attached hydrogen (secondary N) is 1. The van der Waals surface area contributed by atoms with Crippen LogP contribution in [0.25, 0.3) is 0 Å². The number of benzene rings is 2. The van der Waals surface area contributed by atoms with Gasteiger partial charge >= 0.3 is 0 Å². The molecule has 0 spiro atoms. The summed E-state index contributed by atoms with van der Waals surface area (Å²) in [5.41, 5.74) is 3.20. The second kappa shape index (κ2) is 7.97. The number of hydrogen-bond donors (Lipinski definition) is 1. The summed E-state index contributed by atoms with van der Waals surface area (Å²) in [6, 6.07) is 18.0. The molecule has 0 saturated carbocycles. The summed E-state index contributed by atoms with van der Waals surface area (Å²) in [7, 11) is 0. The first-order valence-corrected chi connectivity index (χ1v) is 8.87. The minimum absolute atomic E-state index is 0.0659. The molecule has 1 saturated heterocycles. The van der Waals surface area contributed by atoms with Crippen LogP contribution in [0.15, 0.2) is 54.6 Å². The van der Waals surface area contributed by atoms with Crippen molar-refractivity contribution < 1.29 is 9.59 Å². The van der Waals surface area contributed by atoms with Gasteiger partial charge in [-0.1, -0.05) is 49.4 Å². The SMILES string of the molecule is CCc1cccc(NC(=O)C2CC(=O)N(CCc3ccccc3)C2)c1. The van der Waals surface area contributed by atoms with Gasteiger partial charge in [-0.3, -0.25) is 9.59 Å². The maximum Gasteiger partial charge on any atom is 0.229 e. The normalized spacial score (nSPS) is 16.9. The van der Waals surface area contributed by atoms with Gasteiger partial charge in [-0.2, -0.15) is 0 Å². The van der Waals surface area contributed by atoms with E-state index in [1.54, 1.807) is 4.90 Å². The van der Waals surface area contributed by atoms with Crippen LogP contribution >= 0.6 is 0 Å². The van der Waals surface area contributed by atoms with Gasteiger partial charge in [0.25, 0.3) is 0 Å². The Morgan fingerprint density at radius 2 is 1.88 bits per heavy atom. The number of carbonyl (C=O) groups is 2. The van der Waals surface area contributed by atoms with Crippen LogP contribution in [-0.4, -0.2) is 29.8 Å². The maximum atomic E-state index is 12.5. The molecule has 2 aromatic carbocycles. The topological polar surface area (TPSA) is 49.4 Å². The lowest BCUT2D eigenvalue weighted by Gasteiger charge is -2.16. The molecule has 1 heterocycles. The third-order valence-electron chi connectivity index (χ3n) is 4.70. The fourth-order valence-corrected chi connectivity index (χ4v) is 3.19. The van der Waals surface area contributed by atoms with Crippen LogP contribution < -0.4 is 5.32 Å². The second-order valence-electron chi connectivity index (χ2n) is 6.52. The van der Waals surface area contributed by atoms with E-state index in [-0.39, 0.29) is 17.7 Å². The number of carbonyl (C=O) groups excluding carboxylic acids is 2. The van der Waals surface area contributed by atoms with Gasteiger partial charge in [0.15, 0.2) is 0 Å². The first kappa shape index (κ1) is 17.2. The molecule has 1 N–H and O–H groups in total. The van der Waals surface area contributed by atoms with E-state index in [1.807, 2.05) is 42.5 Å². The Kier molecular flexibility index (Phi) is 5.49. The summed E-state index contributed by atoms with van der Waals surface area (Å²) in [4.78, 5) is 26.5. The van der Waals surface area contributed by atoms with E-state index in [2.05, 4.69) is 24.4 Å². The highest BCUT2D eigenvalue weighted by atomic mass is 16.2. The van der Waals surface area contributed by atoms with E-state index in [0.717, 1.165) is 18.5 Å². The Morgan fingerprint density at radius 1 is 1.12 bits per heavy atom. The third-order valence-corrected chi connectivity index (χ3v) is 4.70. The molecule has 1 aliphatic rings. The van der Waals surface area contributed by atoms with Crippen molar-refractivity contribution in [2.75, 3.05) is 18.4 Å². The zero-order valence-corrected chi connectivity index (χ0v) is 14.6. The number of aryl methyl sites for hydroxylation is 1. The predicted molar refractivity (Wildman–Crippen MR) is 99.3 cm³/mol. The van der Waals surface area contributed by atoms with Crippen LogP contribution in [0.1, 0.15) is 24.5 Å². The van der Waals surface area contributed by atoms with Gasteiger partial charge in [0, 0.05) is 25.2 Å². The van der Waals surface area contributed by atoms with Gasteiger partial charge in [-0.05, 0) is 36.1 Å². The van der Waals surface area contributed by atoms with Crippen molar-refractivity contribution in [3.63, 3.8) is 0 Å². The second-order valence-corrected chi connectivity index (χ2v) is 6.52. The van der Waals surface area contributed by atoms with Crippen LogP contribution in [0.4, 0.5) is 5.69 Å². The zero-order valence-electron chi connectivity index (χ0n) is 14.6. The molecular formula is C21H24N2O2. The van der Waals surface area contributed by atoms with Gasteiger partial charge in [0.1, 0.15) is 0 Å². The molecule has 2 aromatic rings. The zero-order chi connectivity index (χ0) is 17.6. The lowest BCUT2D eigenvalue weighted by atomic mass is 10.1. The van der Waals surface area contributed by atoms with E-state index in [1.165, 1.54) is 11.1 Å². The summed E-state index contributed by atoms with van der Waals surface area (Å²) >= 11 is 0. The van der Waals surface area contributed by atoms with Crippen LogP contribution in [0, 0.1) is 5.92 Å². The molecule has 0 radical (unpaired) electrons. The monoisotopic (exact) mass is 336 g/mol. The van der Waals surface area contributed by atoms with Gasteiger partial charge < -0.3 is 10.2 Å². The largest absolute Gasteiger partial charge is 0.342 e. The van der Waals surface area contributed by atoms with Crippen LogP contribution in [0.3, 0.4) is 0 Å². The average molecular weight is 336 g/mol.